The lowest BCUT2D eigenvalue weighted by molar-refractivity contribution is -0.118. The molecular formula is C18H16ClN3O2. The van der Waals surface area contributed by atoms with Gasteiger partial charge < -0.3 is 10.1 Å². The van der Waals surface area contributed by atoms with Crippen LogP contribution in [0.2, 0.25) is 5.02 Å². The van der Waals surface area contributed by atoms with E-state index in [1.165, 1.54) is 0 Å². The molecule has 3 rings (SSSR count). The average molecular weight is 342 g/mol. The first kappa shape index (κ1) is 16.1. The number of rotatable bonds is 5. The van der Waals surface area contributed by atoms with Crippen molar-refractivity contribution in [3.05, 3.63) is 65.3 Å². The standard InChI is InChI=1S/C18H16ClN3O2/c1-12-17(18(22-21-12)13-5-3-2-4-6-13)20-16(23)11-24-15-9-7-14(19)8-10-15/h2-10H,11H2,1H3,(H,20,23)(H,21,22). The number of hydrogen-bond donors (Lipinski definition) is 2. The third kappa shape index (κ3) is 3.75. The lowest BCUT2D eigenvalue weighted by Crippen LogP contribution is -2.20. The molecule has 122 valence electrons. The van der Waals surface area contributed by atoms with E-state index in [9.17, 15) is 4.79 Å². The van der Waals surface area contributed by atoms with E-state index in [1.807, 2.05) is 37.3 Å². The van der Waals surface area contributed by atoms with Gasteiger partial charge in [-0.3, -0.25) is 9.89 Å². The highest BCUT2D eigenvalue weighted by molar-refractivity contribution is 6.30. The first-order valence-corrected chi connectivity index (χ1v) is 7.80. The molecule has 1 aromatic heterocycles. The largest absolute Gasteiger partial charge is 0.484 e. The van der Waals surface area contributed by atoms with Gasteiger partial charge in [0.2, 0.25) is 0 Å². The molecule has 24 heavy (non-hydrogen) atoms. The van der Waals surface area contributed by atoms with Crippen LogP contribution in [-0.4, -0.2) is 22.7 Å². The van der Waals surface area contributed by atoms with E-state index in [1.54, 1.807) is 24.3 Å². The van der Waals surface area contributed by atoms with Crippen molar-refractivity contribution < 1.29 is 9.53 Å². The summed E-state index contributed by atoms with van der Waals surface area (Å²) in [6.45, 7) is 1.76. The van der Waals surface area contributed by atoms with Gasteiger partial charge in [-0.05, 0) is 31.2 Å². The van der Waals surface area contributed by atoms with Gasteiger partial charge in [0, 0.05) is 10.6 Å². The third-order valence-electron chi connectivity index (χ3n) is 3.44. The summed E-state index contributed by atoms with van der Waals surface area (Å²) < 4.78 is 5.46. The van der Waals surface area contributed by atoms with E-state index in [-0.39, 0.29) is 12.5 Å². The topological polar surface area (TPSA) is 67.0 Å². The summed E-state index contributed by atoms with van der Waals surface area (Å²) in [7, 11) is 0. The maximum absolute atomic E-state index is 12.2. The van der Waals surface area contributed by atoms with Gasteiger partial charge in [-0.1, -0.05) is 41.9 Å². The summed E-state index contributed by atoms with van der Waals surface area (Å²) in [6, 6.07) is 16.5. The Balaban J connectivity index is 1.68. The maximum atomic E-state index is 12.2. The van der Waals surface area contributed by atoms with Gasteiger partial charge >= 0.3 is 0 Å². The first-order valence-electron chi connectivity index (χ1n) is 7.42. The Labute approximate surface area is 144 Å². The van der Waals surface area contributed by atoms with Crippen LogP contribution in [0, 0.1) is 6.92 Å². The number of nitrogens with one attached hydrogen (secondary N) is 2. The molecule has 0 aliphatic carbocycles. The first-order chi connectivity index (χ1) is 11.6. The zero-order chi connectivity index (χ0) is 16.9. The van der Waals surface area contributed by atoms with Gasteiger partial charge in [-0.15, -0.1) is 0 Å². The summed E-state index contributed by atoms with van der Waals surface area (Å²) in [5.41, 5.74) is 3.07. The summed E-state index contributed by atoms with van der Waals surface area (Å²) in [4.78, 5) is 12.2. The number of halogens is 1. The zero-order valence-electron chi connectivity index (χ0n) is 13.0. The normalized spacial score (nSPS) is 10.4. The number of nitrogens with zero attached hydrogens (tertiary/aromatic N) is 1. The van der Waals surface area contributed by atoms with Crippen molar-refractivity contribution in [2.75, 3.05) is 11.9 Å². The van der Waals surface area contributed by atoms with E-state index in [2.05, 4.69) is 15.5 Å². The minimum absolute atomic E-state index is 0.0967. The number of anilines is 1. The van der Waals surface area contributed by atoms with Crippen LogP contribution in [0.1, 0.15) is 5.69 Å². The van der Waals surface area contributed by atoms with Gasteiger partial charge in [-0.25, -0.2) is 0 Å². The molecule has 0 saturated carbocycles. The summed E-state index contributed by atoms with van der Waals surface area (Å²) >= 11 is 5.82. The molecular weight excluding hydrogens is 326 g/mol. The molecule has 0 aliphatic heterocycles. The highest BCUT2D eigenvalue weighted by Gasteiger charge is 2.15. The van der Waals surface area contributed by atoms with Crippen LogP contribution < -0.4 is 10.1 Å². The van der Waals surface area contributed by atoms with Crippen LogP contribution in [-0.2, 0) is 4.79 Å². The Morgan fingerprint density at radius 2 is 1.88 bits per heavy atom. The van der Waals surface area contributed by atoms with Crippen molar-refractivity contribution in [2.45, 2.75) is 6.92 Å². The molecule has 0 saturated heterocycles. The Morgan fingerprint density at radius 3 is 2.58 bits per heavy atom. The molecule has 5 nitrogen and oxygen atoms in total. The van der Waals surface area contributed by atoms with Gasteiger partial charge in [0.25, 0.3) is 5.91 Å². The molecule has 0 unspecified atom stereocenters. The fraction of sp³-hybridized carbons (Fsp3) is 0.111. The lowest BCUT2D eigenvalue weighted by Gasteiger charge is -2.09. The van der Waals surface area contributed by atoms with Crippen molar-refractivity contribution in [3.8, 4) is 17.0 Å². The predicted octanol–water partition coefficient (Wildman–Crippen LogP) is 4.06. The Kier molecular flexibility index (Phi) is 4.82. The summed E-state index contributed by atoms with van der Waals surface area (Å²) in [5.74, 6) is 0.327. The maximum Gasteiger partial charge on any atom is 0.262 e. The van der Waals surface area contributed by atoms with Crippen LogP contribution in [0.5, 0.6) is 5.75 Å². The average Bonchev–Trinajstić information content (AvgIpc) is 2.96. The number of ether oxygens (including phenoxy) is 1. The SMILES string of the molecule is Cc1[nH]nc(-c2ccccc2)c1NC(=O)COc1ccc(Cl)cc1. The molecule has 1 amide bonds. The molecule has 6 heteroatoms. The molecule has 0 bridgehead atoms. The predicted molar refractivity (Wildman–Crippen MR) is 94.3 cm³/mol. The third-order valence-corrected chi connectivity index (χ3v) is 3.69. The number of H-pyrrole nitrogens is 1. The van der Waals surface area contributed by atoms with E-state index < -0.39 is 0 Å². The molecule has 0 radical (unpaired) electrons. The van der Waals surface area contributed by atoms with Crippen LogP contribution in [0.25, 0.3) is 11.3 Å². The number of benzene rings is 2. The Morgan fingerprint density at radius 1 is 1.17 bits per heavy atom. The van der Waals surface area contributed by atoms with Crippen LogP contribution >= 0.6 is 11.6 Å². The van der Waals surface area contributed by atoms with E-state index in [4.69, 9.17) is 16.3 Å². The second kappa shape index (κ2) is 7.19. The zero-order valence-corrected chi connectivity index (χ0v) is 13.8. The van der Waals surface area contributed by atoms with Gasteiger partial charge in [0.1, 0.15) is 11.4 Å². The number of carbonyl (C=O) groups is 1. The fourth-order valence-corrected chi connectivity index (χ4v) is 2.37. The molecule has 3 aromatic rings. The quantitative estimate of drug-likeness (QED) is 0.735. The Bertz CT molecular complexity index is 829. The van der Waals surface area contributed by atoms with E-state index in [0.29, 0.717) is 22.2 Å². The number of amides is 1. The molecule has 0 fully saturated rings. The van der Waals surface area contributed by atoms with Gasteiger partial charge in [0.15, 0.2) is 6.61 Å². The van der Waals surface area contributed by atoms with Gasteiger partial charge in [0.05, 0.1) is 11.4 Å². The van der Waals surface area contributed by atoms with Crippen LogP contribution in [0.4, 0.5) is 5.69 Å². The monoisotopic (exact) mass is 341 g/mol. The number of carbonyl (C=O) groups excluding carboxylic acids is 1. The summed E-state index contributed by atoms with van der Waals surface area (Å²) in [6.07, 6.45) is 0. The molecule has 0 spiro atoms. The smallest absolute Gasteiger partial charge is 0.262 e. The molecule has 2 N–H and O–H groups in total. The number of aryl methyl sites for hydroxylation is 1. The fourth-order valence-electron chi connectivity index (χ4n) is 2.24. The van der Waals surface area contributed by atoms with Crippen molar-refractivity contribution in [3.63, 3.8) is 0 Å². The second-order valence-electron chi connectivity index (χ2n) is 5.23. The van der Waals surface area contributed by atoms with Crippen LogP contribution in [0.3, 0.4) is 0 Å². The van der Waals surface area contributed by atoms with E-state index >= 15 is 0 Å². The highest BCUT2D eigenvalue weighted by Crippen LogP contribution is 2.28. The molecule has 0 aliphatic rings. The van der Waals surface area contributed by atoms with Crippen molar-refractivity contribution in [2.24, 2.45) is 0 Å². The Hall–Kier alpha value is -2.79. The highest BCUT2D eigenvalue weighted by atomic mass is 35.5. The van der Waals surface area contributed by atoms with Crippen molar-refractivity contribution in [1.82, 2.24) is 10.2 Å². The van der Waals surface area contributed by atoms with E-state index in [0.717, 1.165) is 11.3 Å². The van der Waals surface area contributed by atoms with Crippen molar-refractivity contribution >= 4 is 23.2 Å². The van der Waals surface area contributed by atoms with Crippen LogP contribution in [0.15, 0.2) is 54.6 Å². The second-order valence-corrected chi connectivity index (χ2v) is 5.67. The number of aromatic nitrogens is 2. The lowest BCUT2D eigenvalue weighted by atomic mass is 10.1. The van der Waals surface area contributed by atoms with Crippen molar-refractivity contribution in [1.29, 1.82) is 0 Å². The number of aromatic amines is 1. The minimum atomic E-state index is -0.258. The molecule has 1 heterocycles. The molecule has 2 aromatic carbocycles. The summed E-state index contributed by atoms with van der Waals surface area (Å²) in [5, 5.41) is 10.6. The number of hydrogen-bond acceptors (Lipinski definition) is 3. The minimum Gasteiger partial charge on any atom is -0.484 e. The molecule has 0 atom stereocenters. The van der Waals surface area contributed by atoms with Gasteiger partial charge in [-0.2, -0.15) is 5.10 Å².